The minimum absolute atomic E-state index is 0.262. The molecule has 0 radical (unpaired) electrons. The van der Waals surface area contributed by atoms with Gasteiger partial charge in [-0.25, -0.2) is 5.43 Å². The summed E-state index contributed by atoms with van der Waals surface area (Å²) in [7, 11) is 0. The molecule has 5 nitrogen and oxygen atoms in total. The Hall–Kier alpha value is -4.90. The maximum Gasteiger partial charge on any atom is 0.273 e. The highest BCUT2D eigenvalue weighted by Gasteiger charge is 2.12. The summed E-state index contributed by atoms with van der Waals surface area (Å²) in [5.41, 5.74) is 8.07. The van der Waals surface area contributed by atoms with Crippen LogP contribution in [-0.2, 0) is 0 Å². The van der Waals surface area contributed by atoms with Crippen LogP contribution in [0, 0.1) is 0 Å². The van der Waals surface area contributed by atoms with Crippen molar-refractivity contribution in [2.45, 2.75) is 0 Å². The minimum Gasteiger partial charge on any atom is -0.323 e. The van der Waals surface area contributed by atoms with Crippen molar-refractivity contribution >= 4 is 29.2 Å². The third kappa shape index (κ3) is 5.04. The van der Waals surface area contributed by atoms with E-state index in [1.807, 2.05) is 108 Å². The molecule has 0 aliphatic rings. The van der Waals surface area contributed by atoms with E-state index in [0.29, 0.717) is 5.56 Å². The molecule has 1 N–H and O–H groups in total. The Morgan fingerprint density at radius 2 is 1.20 bits per heavy atom. The van der Waals surface area contributed by atoms with Crippen LogP contribution in [0.25, 0.3) is 5.69 Å². The summed E-state index contributed by atoms with van der Waals surface area (Å²) in [5, 5.41) is 4.18. The molecular weight excluding hydrogens is 432 g/mol. The van der Waals surface area contributed by atoms with Crippen LogP contribution in [0.4, 0.5) is 17.1 Å². The molecule has 1 aromatic heterocycles. The van der Waals surface area contributed by atoms with Gasteiger partial charge in [0, 0.05) is 29.5 Å². The number of anilines is 3. The fourth-order valence-electron chi connectivity index (χ4n) is 3.92. The molecule has 0 saturated heterocycles. The molecule has 1 heterocycles. The number of nitrogens with one attached hydrogen (secondary N) is 1. The monoisotopic (exact) mass is 456 g/mol. The molecule has 170 valence electrons. The number of hydrazone groups is 1. The van der Waals surface area contributed by atoms with Crippen LogP contribution < -0.4 is 10.3 Å². The molecular formula is C30H24N4O. The Kier molecular flexibility index (Phi) is 6.49. The van der Waals surface area contributed by atoms with E-state index in [4.69, 9.17) is 0 Å². The zero-order chi connectivity index (χ0) is 23.9. The van der Waals surface area contributed by atoms with Gasteiger partial charge in [0.1, 0.15) is 0 Å². The highest BCUT2D eigenvalue weighted by Crippen LogP contribution is 2.33. The normalized spacial score (nSPS) is 10.9. The van der Waals surface area contributed by atoms with E-state index >= 15 is 0 Å². The van der Waals surface area contributed by atoms with Crippen molar-refractivity contribution in [3.8, 4) is 5.69 Å². The molecule has 0 atom stereocenters. The fraction of sp³-hybridized carbons (Fsp3) is 0. The third-order valence-corrected chi connectivity index (χ3v) is 5.59. The van der Waals surface area contributed by atoms with Crippen molar-refractivity contribution in [3.63, 3.8) is 0 Å². The SMILES string of the molecule is O=C(N/N=C\c1ccc(N(c2ccccc2)c2ccccc2)cc1)c1ccccc1-n1cccc1. The number of nitrogens with zero attached hydrogens (tertiary/aromatic N) is 3. The fourth-order valence-corrected chi connectivity index (χ4v) is 3.92. The van der Waals surface area contributed by atoms with Crippen LogP contribution in [0.3, 0.4) is 0 Å². The summed E-state index contributed by atoms with van der Waals surface area (Å²) in [6.07, 6.45) is 5.46. The van der Waals surface area contributed by atoms with Gasteiger partial charge in [-0.15, -0.1) is 0 Å². The maximum atomic E-state index is 12.8. The molecule has 1 amide bonds. The number of aromatic nitrogens is 1. The molecule has 0 saturated carbocycles. The van der Waals surface area contributed by atoms with Gasteiger partial charge in [-0.05, 0) is 66.2 Å². The number of benzene rings is 4. The largest absolute Gasteiger partial charge is 0.323 e. The molecule has 0 aliphatic heterocycles. The molecule has 0 fully saturated rings. The predicted molar refractivity (Wildman–Crippen MR) is 142 cm³/mol. The molecule has 0 bridgehead atoms. The van der Waals surface area contributed by atoms with E-state index in [1.54, 1.807) is 12.3 Å². The molecule has 0 aliphatic carbocycles. The molecule has 0 unspecified atom stereocenters. The van der Waals surface area contributed by atoms with E-state index in [-0.39, 0.29) is 5.91 Å². The first kappa shape index (κ1) is 21.9. The van der Waals surface area contributed by atoms with Crippen molar-refractivity contribution < 1.29 is 4.79 Å². The van der Waals surface area contributed by atoms with Crippen LogP contribution in [0.5, 0.6) is 0 Å². The van der Waals surface area contributed by atoms with Gasteiger partial charge in [-0.2, -0.15) is 5.10 Å². The average molecular weight is 457 g/mol. The van der Waals surface area contributed by atoms with Gasteiger partial charge in [0.25, 0.3) is 5.91 Å². The zero-order valence-corrected chi connectivity index (χ0v) is 19.0. The Labute approximate surface area is 204 Å². The lowest BCUT2D eigenvalue weighted by Crippen LogP contribution is -2.19. The van der Waals surface area contributed by atoms with Gasteiger partial charge in [-0.1, -0.05) is 60.7 Å². The molecule has 5 aromatic rings. The first-order valence-corrected chi connectivity index (χ1v) is 11.4. The summed E-state index contributed by atoms with van der Waals surface area (Å²) in [6, 6.07) is 39.8. The second-order valence-electron chi connectivity index (χ2n) is 7.90. The van der Waals surface area contributed by atoms with Gasteiger partial charge >= 0.3 is 0 Å². The van der Waals surface area contributed by atoms with Gasteiger partial charge < -0.3 is 9.47 Å². The van der Waals surface area contributed by atoms with Gasteiger partial charge in [0.2, 0.25) is 0 Å². The summed E-state index contributed by atoms with van der Waals surface area (Å²) >= 11 is 0. The standard InChI is InChI=1S/C30H24N4O/c35-30(28-15-7-8-16-29(28)33-21-9-10-22-33)32-31-23-24-17-19-27(20-18-24)34(25-11-3-1-4-12-25)26-13-5-2-6-14-26/h1-23H,(H,32,35)/b31-23-. The first-order valence-electron chi connectivity index (χ1n) is 11.4. The molecule has 4 aromatic carbocycles. The van der Waals surface area contributed by atoms with Crippen molar-refractivity contribution in [2.75, 3.05) is 4.90 Å². The lowest BCUT2D eigenvalue weighted by atomic mass is 10.1. The Bertz CT molecular complexity index is 1370. The average Bonchev–Trinajstić information content (AvgIpc) is 3.46. The number of para-hydroxylation sites is 3. The van der Waals surface area contributed by atoms with Gasteiger partial charge in [-0.3, -0.25) is 4.79 Å². The summed E-state index contributed by atoms with van der Waals surface area (Å²) in [4.78, 5) is 15.0. The number of hydrogen-bond donors (Lipinski definition) is 1. The van der Waals surface area contributed by atoms with Gasteiger partial charge in [0.05, 0.1) is 17.5 Å². The van der Waals surface area contributed by atoms with Crippen LogP contribution in [0.1, 0.15) is 15.9 Å². The Morgan fingerprint density at radius 1 is 0.657 bits per heavy atom. The number of rotatable bonds is 7. The van der Waals surface area contributed by atoms with Crippen molar-refractivity contribution in [3.05, 3.63) is 145 Å². The molecule has 5 rings (SSSR count). The molecule has 0 spiro atoms. The maximum absolute atomic E-state index is 12.8. The molecule has 35 heavy (non-hydrogen) atoms. The minimum atomic E-state index is -0.262. The lowest BCUT2D eigenvalue weighted by Gasteiger charge is -2.25. The van der Waals surface area contributed by atoms with E-state index < -0.39 is 0 Å². The van der Waals surface area contributed by atoms with Crippen molar-refractivity contribution in [1.82, 2.24) is 9.99 Å². The van der Waals surface area contributed by atoms with E-state index in [0.717, 1.165) is 28.3 Å². The highest BCUT2D eigenvalue weighted by atomic mass is 16.2. The van der Waals surface area contributed by atoms with Gasteiger partial charge in [0.15, 0.2) is 0 Å². The van der Waals surface area contributed by atoms with E-state index in [2.05, 4.69) is 39.7 Å². The van der Waals surface area contributed by atoms with E-state index in [1.165, 1.54) is 0 Å². The number of amides is 1. The Balaban J connectivity index is 1.32. The topological polar surface area (TPSA) is 49.6 Å². The van der Waals surface area contributed by atoms with Crippen molar-refractivity contribution in [1.29, 1.82) is 0 Å². The predicted octanol–water partition coefficient (Wildman–Crippen LogP) is 6.71. The quantitative estimate of drug-likeness (QED) is 0.219. The number of carbonyl (C=O) groups is 1. The second-order valence-corrected chi connectivity index (χ2v) is 7.90. The zero-order valence-electron chi connectivity index (χ0n) is 19.0. The summed E-state index contributed by atoms with van der Waals surface area (Å²) in [6.45, 7) is 0. The van der Waals surface area contributed by atoms with Crippen molar-refractivity contribution in [2.24, 2.45) is 5.10 Å². The Morgan fingerprint density at radius 3 is 1.83 bits per heavy atom. The number of hydrogen-bond acceptors (Lipinski definition) is 3. The summed E-state index contributed by atoms with van der Waals surface area (Å²) in [5.74, 6) is -0.262. The van der Waals surface area contributed by atoms with Crippen LogP contribution in [0.2, 0.25) is 0 Å². The number of carbonyl (C=O) groups excluding carboxylic acids is 1. The highest BCUT2D eigenvalue weighted by molar-refractivity contribution is 5.98. The smallest absolute Gasteiger partial charge is 0.273 e. The lowest BCUT2D eigenvalue weighted by molar-refractivity contribution is 0.0955. The third-order valence-electron chi connectivity index (χ3n) is 5.59. The molecule has 5 heteroatoms. The van der Waals surface area contributed by atoms with E-state index in [9.17, 15) is 4.79 Å². The van der Waals surface area contributed by atoms with Crippen LogP contribution in [0.15, 0.2) is 139 Å². The second kappa shape index (κ2) is 10.4. The first-order chi connectivity index (χ1) is 17.3. The van der Waals surface area contributed by atoms with Crippen LogP contribution in [-0.4, -0.2) is 16.7 Å². The van der Waals surface area contributed by atoms with Crippen LogP contribution >= 0.6 is 0 Å². The summed E-state index contributed by atoms with van der Waals surface area (Å²) < 4.78 is 1.91.